The average molecular weight is 329 g/mol. The fraction of sp³-hybridized carbons (Fsp3) is 0.438. The Morgan fingerprint density at radius 2 is 2.13 bits per heavy atom. The standard InChI is InChI=1S/C16H19N5OS/c1-11-9-17-16(23-11)21-7-5-20(6-8-21)15(22)13-4-2-3-12-10-18-19-14(12)13/h2-4,10-11H,5-9H2,1H3,(H,18,19). The molecule has 1 unspecified atom stereocenters. The van der Waals surface area contributed by atoms with Crippen molar-refractivity contribution in [2.24, 2.45) is 4.99 Å². The van der Waals surface area contributed by atoms with Crippen LogP contribution < -0.4 is 0 Å². The van der Waals surface area contributed by atoms with Crippen molar-refractivity contribution < 1.29 is 4.79 Å². The molecule has 1 fully saturated rings. The maximum atomic E-state index is 12.8. The maximum Gasteiger partial charge on any atom is 0.256 e. The first kappa shape index (κ1) is 14.6. The molecule has 120 valence electrons. The van der Waals surface area contributed by atoms with Gasteiger partial charge in [0, 0.05) is 36.8 Å². The number of aromatic nitrogens is 2. The molecule has 2 aromatic rings. The molecule has 3 heterocycles. The van der Waals surface area contributed by atoms with Gasteiger partial charge in [0.25, 0.3) is 5.91 Å². The van der Waals surface area contributed by atoms with Crippen LogP contribution in [0.15, 0.2) is 29.4 Å². The number of aromatic amines is 1. The molecule has 1 aromatic heterocycles. The van der Waals surface area contributed by atoms with Gasteiger partial charge in [0.15, 0.2) is 5.17 Å². The van der Waals surface area contributed by atoms with Crippen LogP contribution >= 0.6 is 11.8 Å². The summed E-state index contributed by atoms with van der Waals surface area (Å²) in [4.78, 5) is 21.6. The van der Waals surface area contributed by atoms with E-state index in [9.17, 15) is 4.79 Å². The van der Waals surface area contributed by atoms with Gasteiger partial charge in [-0.15, -0.1) is 0 Å². The van der Waals surface area contributed by atoms with Crippen molar-refractivity contribution in [2.75, 3.05) is 32.7 Å². The zero-order chi connectivity index (χ0) is 15.8. The molecule has 2 aliphatic heterocycles. The Bertz CT molecular complexity index is 763. The molecule has 4 rings (SSSR count). The third kappa shape index (κ3) is 2.69. The molecule has 1 saturated heterocycles. The first-order chi connectivity index (χ1) is 11.2. The van der Waals surface area contributed by atoms with E-state index in [1.54, 1.807) is 6.20 Å². The minimum Gasteiger partial charge on any atom is -0.348 e. The van der Waals surface area contributed by atoms with E-state index in [4.69, 9.17) is 0 Å². The number of amidine groups is 1. The summed E-state index contributed by atoms with van der Waals surface area (Å²) in [6.07, 6.45) is 1.75. The predicted molar refractivity (Wildman–Crippen MR) is 92.9 cm³/mol. The van der Waals surface area contributed by atoms with Gasteiger partial charge in [-0.05, 0) is 6.07 Å². The number of carbonyl (C=O) groups excluding carboxylic acids is 1. The lowest BCUT2D eigenvalue weighted by Gasteiger charge is -2.35. The quantitative estimate of drug-likeness (QED) is 0.867. The zero-order valence-electron chi connectivity index (χ0n) is 13.0. The second kappa shape index (κ2) is 5.88. The molecule has 23 heavy (non-hydrogen) atoms. The Morgan fingerprint density at radius 3 is 2.87 bits per heavy atom. The van der Waals surface area contributed by atoms with Crippen LogP contribution in [0.3, 0.4) is 0 Å². The third-order valence-electron chi connectivity index (χ3n) is 4.33. The maximum absolute atomic E-state index is 12.8. The van der Waals surface area contributed by atoms with Crippen molar-refractivity contribution in [3.05, 3.63) is 30.0 Å². The minimum absolute atomic E-state index is 0.0777. The lowest BCUT2D eigenvalue weighted by atomic mass is 10.1. The molecule has 7 heteroatoms. The Morgan fingerprint density at radius 1 is 1.30 bits per heavy atom. The number of para-hydroxylation sites is 1. The molecule has 1 amide bonds. The Balaban J connectivity index is 1.46. The summed E-state index contributed by atoms with van der Waals surface area (Å²) in [5.41, 5.74) is 1.53. The summed E-state index contributed by atoms with van der Waals surface area (Å²) in [5, 5.41) is 9.66. The first-order valence-electron chi connectivity index (χ1n) is 7.90. The third-order valence-corrected chi connectivity index (χ3v) is 5.48. The average Bonchev–Trinajstić information content (AvgIpc) is 3.22. The van der Waals surface area contributed by atoms with Crippen molar-refractivity contribution in [2.45, 2.75) is 12.2 Å². The molecule has 1 N–H and O–H groups in total. The molecule has 0 aliphatic carbocycles. The first-order valence-corrected chi connectivity index (χ1v) is 8.78. The molecular weight excluding hydrogens is 310 g/mol. The zero-order valence-corrected chi connectivity index (χ0v) is 13.8. The normalized spacial score (nSPS) is 21.8. The van der Waals surface area contributed by atoms with Crippen molar-refractivity contribution in [3.8, 4) is 0 Å². The van der Waals surface area contributed by atoms with Crippen LogP contribution in [0.1, 0.15) is 17.3 Å². The lowest BCUT2D eigenvalue weighted by molar-refractivity contribution is 0.0695. The largest absolute Gasteiger partial charge is 0.348 e. The summed E-state index contributed by atoms with van der Waals surface area (Å²) < 4.78 is 0. The summed E-state index contributed by atoms with van der Waals surface area (Å²) >= 11 is 1.84. The van der Waals surface area contributed by atoms with Crippen LogP contribution in [-0.2, 0) is 0 Å². The molecule has 0 bridgehead atoms. The number of hydrogen-bond donors (Lipinski definition) is 1. The number of rotatable bonds is 1. The number of amides is 1. The number of carbonyl (C=O) groups is 1. The van der Waals surface area contributed by atoms with Crippen molar-refractivity contribution in [1.82, 2.24) is 20.0 Å². The number of H-pyrrole nitrogens is 1. The monoisotopic (exact) mass is 329 g/mol. The Hall–Kier alpha value is -2.02. The van der Waals surface area contributed by atoms with Crippen molar-refractivity contribution >= 4 is 33.7 Å². The SMILES string of the molecule is CC1CN=C(N2CCN(C(=O)c3cccc4cn[nH]c34)CC2)S1. The minimum atomic E-state index is 0.0777. The van der Waals surface area contributed by atoms with E-state index in [-0.39, 0.29) is 5.91 Å². The number of fused-ring (bicyclic) bond motifs is 1. The number of thioether (sulfide) groups is 1. The number of aliphatic imine (C=N–C) groups is 1. The van der Waals surface area contributed by atoms with E-state index in [0.29, 0.717) is 10.8 Å². The van der Waals surface area contributed by atoms with Gasteiger partial charge in [-0.1, -0.05) is 30.8 Å². The molecule has 1 atom stereocenters. The fourth-order valence-electron chi connectivity index (χ4n) is 3.05. The van der Waals surface area contributed by atoms with Gasteiger partial charge in [0.1, 0.15) is 0 Å². The van der Waals surface area contributed by atoms with Gasteiger partial charge in [-0.25, -0.2) is 0 Å². The molecule has 6 nitrogen and oxygen atoms in total. The molecular formula is C16H19N5OS. The number of nitrogens with zero attached hydrogens (tertiary/aromatic N) is 4. The van der Waals surface area contributed by atoms with E-state index in [1.807, 2.05) is 34.9 Å². The molecule has 0 spiro atoms. The Kier molecular flexibility index (Phi) is 3.72. The van der Waals surface area contributed by atoms with Gasteiger partial charge in [0.2, 0.25) is 0 Å². The molecule has 0 radical (unpaired) electrons. The molecule has 2 aliphatic rings. The summed E-state index contributed by atoms with van der Waals surface area (Å²) in [6.45, 7) is 6.27. The van der Waals surface area contributed by atoms with Gasteiger partial charge in [-0.2, -0.15) is 5.10 Å². The highest BCUT2D eigenvalue weighted by Crippen LogP contribution is 2.24. The lowest BCUT2D eigenvalue weighted by Crippen LogP contribution is -2.49. The second-order valence-electron chi connectivity index (χ2n) is 5.97. The van der Waals surface area contributed by atoms with Crippen LogP contribution in [0.25, 0.3) is 10.9 Å². The number of benzene rings is 1. The van der Waals surface area contributed by atoms with Crippen molar-refractivity contribution in [1.29, 1.82) is 0 Å². The highest BCUT2D eigenvalue weighted by molar-refractivity contribution is 8.14. The fourth-order valence-corrected chi connectivity index (χ4v) is 4.04. The predicted octanol–water partition coefficient (Wildman–Crippen LogP) is 1.81. The van der Waals surface area contributed by atoms with Crippen LogP contribution in [-0.4, -0.2) is 69.0 Å². The molecule has 0 saturated carbocycles. The number of hydrogen-bond acceptors (Lipinski definition) is 5. The Labute approximate surface area is 138 Å². The van der Waals surface area contributed by atoms with Gasteiger partial charge < -0.3 is 9.80 Å². The van der Waals surface area contributed by atoms with Gasteiger partial charge in [0.05, 0.1) is 23.8 Å². The van der Waals surface area contributed by atoms with E-state index in [1.165, 1.54) is 0 Å². The topological polar surface area (TPSA) is 64.6 Å². The van der Waals surface area contributed by atoms with Gasteiger partial charge in [-0.3, -0.25) is 14.9 Å². The highest BCUT2D eigenvalue weighted by atomic mass is 32.2. The van der Waals surface area contributed by atoms with E-state index in [0.717, 1.165) is 48.8 Å². The van der Waals surface area contributed by atoms with E-state index >= 15 is 0 Å². The van der Waals surface area contributed by atoms with E-state index in [2.05, 4.69) is 27.0 Å². The van der Waals surface area contributed by atoms with Crippen LogP contribution in [0.4, 0.5) is 0 Å². The van der Waals surface area contributed by atoms with Crippen LogP contribution in [0, 0.1) is 0 Å². The second-order valence-corrected chi connectivity index (χ2v) is 7.38. The summed E-state index contributed by atoms with van der Waals surface area (Å²) in [6, 6.07) is 5.74. The highest BCUT2D eigenvalue weighted by Gasteiger charge is 2.27. The number of piperazine rings is 1. The van der Waals surface area contributed by atoms with E-state index < -0.39 is 0 Å². The molecule has 1 aromatic carbocycles. The van der Waals surface area contributed by atoms with Crippen LogP contribution in [0.5, 0.6) is 0 Å². The van der Waals surface area contributed by atoms with Crippen LogP contribution in [0.2, 0.25) is 0 Å². The number of nitrogens with one attached hydrogen (secondary N) is 1. The summed E-state index contributed by atoms with van der Waals surface area (Å²) in [5.74, 6) is 0.0777. The van der Waals surface area contributed by atoms with Gasteiger partial charge >= 0.3 is 0 Å². The smallest absolute Gasteiger partial charge is 0.256 e. The summed E-state index contributed by atoms with van der Waals surface area (Å²) in [7, 11) is 0. The van der Waals surface area contributed by atoms with Crippen molar-refractivity contribution in [3.63, 3.8) is 0 Å².